The zero-order chi connectivity index (χ0) is 12.6. The third-order valence-electron chi connectivity index (χ3n) is 3.89. The van der Waals surface area contributed by atoms with Crippen LogP contribution in [0.25, 0.3) is 0 Å². The van der Waals surface area contributed by atoms with Crippen molar-refractivity contribution in [3.8, 4) is 0 Å². The van der Waals surface area contributed by atoms with E-state index in [-0.39, 0.29) is 17.2 Å². The summed E-state index contributed by atoms with van der Waals surface area (Å²) in [5.41, 5.74) is 0.0161. The van der Waals surface area contributed by atoms with E-state index in [1.54, 1.807) is 11.3 Å². The molecule has 96 valence electrons. The molecule has 3 rings (SSSR count). The Bertz CT molecular complexity index is 471. The Balaban J connectivity index is 1.62. The average molecular weight is 264 g/mol. The summed E-state index contributed by atoms with van der Waals surface area (Å²) in [6, 6.07) is 3.97. The highest BCUT2D eigenvalue weighted by molar-refractivity contribution is 7.10. The zero-order valence-corrected chi connectivity index (χ0v) is 11.0. The Kier molecular flexibility index (Phi) is 2.86. The standard InChI is InChI=1S/C13H16N2O2S/c16-11-7-13(8-14-11)3-4-15(9-13)12(17)6-10-2-1-5-18-10/h1-2,5H,3-4,6-9H2,(H,14,16). The van der Waals surface area contributed by atoms with Crippen LogP contribution in [0.1, 0.15) is 17.7 Å². The van der Waals surface area contributed by atoms with Crippen LogP contribution in [-0.2, 0) is 16.0 Å². The predicted molar refractivity (Wildman–Crippen MR) is 69.3 cm³/mol. The largest absolute Gasteiger partial charge is 0.355 e. The van der Waals surface area contributed by atoms with Crippen LogP contribution < -0.4 is 5.32 Å². The molecule has 2 fully saturated rings. The molecule has 1 atom stereocenters. The quantitative estimate of drug-likeness (QED) is 0.867. The Labute approximate surface area is 110 Å². The Morgan fingerprint density at radius 1 is 1.56 bits per heavy atom. The molecule has 1 N–H and O–H groups in total. The first-order valence-electron chi connectivity index (χ1n) is 6.24. The van der Waals surface area contributed by atoms with Crippen molar-refractivity contribution in [3.05, 3.63) is 22.4 Å². The van der Waals surface area contributed by atoms with E-state index >= 15 is 0 Å². The van der Waals surface area contributed by atoms with Gasteiger partial charge in [-0.3, -0.25) is 9.59 Å². The van der Waals surface area contributed by atoms with Crippen LogP contribution in [0.2, 0.25) is 0 Å². The fourth-order valence-electron chi connectivity index (χ4n) is 2.86. The summed E-state index contributed by atoms with van der Waals surface area (Å²) >= 11 is 1.62. The number of amides is 2. The van der Waals surface area contributed by atoms with Gasteiger partial charge in [-0.05, 0) is 17.9 Å². The van der Waals surface area contributed by atoms with E-state index in [2.05, 4.69) is 5.32 Å². The van der Waals surface area contributed by atoms with Crippen LogP contribution in [0.4, 0.5) is 0 Å². The SMILES string of the molecule is O=C1CC2(CCN(C(=O)Cc3cccs3)C2)CN1. The van der Waals surface area contributed by atoms with Gasteiger partial charge in [0.1, 0.15) is 0 Å². The fourth-order valence-corrected chi connectivity index (χ4v) is 3.56. The summed E-state index contributed by atoms with van der Waals surface area (Å²) in [5, 5.41) is 4.88. The summed E-state index contributed by atoms with van der Waals surface area (Å²) in [6.45, 7) is 2.25. The van der Waals surface area contributed by atoms with E-state index in [9.17, 15) is 9.59 Å². The Morgan fingerprint density at radius 3 is 3.11 bits per heavy atom. The molecule has 2 aliphatic heterocycles. The third kappa shape index (κ3) is 2.14. The van der Waals surface area contributed by atoms with Gasteiger partial charge < -0.3 is 10.2 Å². The maximum absolute atomic E-state index is 12.2. The molecule has 0 bridgehead atoms. The van der Waals surface area contributed by atoms with E-state index < -0.39 is 0 Å². The number of rotatable bonds is 2. The molecule has 2 amide bonds. The lowest BCUT2D eigenvalue weighted by Gasteiger charge is -2.21. The molecule has 0 radical (unpaired) electrons. The van der Waals surface area contributed by atoms with Gasteiger partial charge in [0, 0.05) is 36.3 Å². The van der Waals surface area contributed by atoms with Crippen LogP contribution in [0.5, 0.6) is 0 Å². The number of carbonyl (C=O) groups is 2. The molecule has 18 heavy (non-hydrogen) atoms. The van der Waals surface area contributed by atoms with E-state index in [0.717, 1.165) is 30.9 Å². The van der Waals surface area contributed by atoms with Gasteiger partial charge in [0.2, 0.25) is 11.8 Å². The number of hydrogen-bond donors (Lipinski definition) is 1. The third-order valence-corrected chi connectivity index (χ3v) is 4.77. The highest BCUT2D eigenvalue weighted by Crippen LogP contribution is 2.36. The van der Waals surface area contributed by atoms with Gasteiger partial charge in [-0.15, -0.1) is 11.3 Å². The second kappa shape index (κ2) is 4.39. The molecule has 3 heterocycles. The average Bonchev–Trinajstić information content (AvgIpc) is 3.03. The maximum Gasteiger partial charge on any atom is 0.227 e. The first-order valence-corrected chi connectivity index (χ1v) is 7.12. The number of nitrogens with zero attached hydrogens (tertiary/aromatic N) is 1. The van der Waals surface area contributed by atoms with Crippen molar-refractivity contribution in [1.82, 2.24) is 10.2 Å². The number of carbonyl (C=O) groups excluding carboxylic acids is 2. The second-order valence-electron chi connectivity index (χ2n) is 5.27. The zero-order valence-electron chi connectivity index (χ0n) is 10.1. The summed E-state index contributed by atoms with van der Waals surface area (Å²) in [7, 11) is 0. The molecule has 2 aliphatic rings. The molecule has 0 aromatic carbocycles. The highest BCUT2D eigenvalue weighted by atomic mass is 32.1. The molecule has 1 aromatic heterocycles. The molecular weight excluding hydrogens is 248 g/mol. The van der Waals surface area contributed by atoms with Gasteiger partial charge in [0.15, 0.2) is 0 Å². The molecule has 1 unspecified atom stereocenters. The molecule has 2 saturated heterocycles. The first-order chi connectivity index (χ1) is 8.67. The summed E-state index contributed by atoms with van der Waals surface area (Å²) in [6.07, 6.45) is 2.02. The second-order valence-corrected chi connectivity index (χ2v) is 6.31. The van der Waals surface area contributed by atoms with Crippen molar-refractivity contribution in [2.75, 3.05) is 19.6 Å². The predicted octanol–water partition coefficient (Wildman–Crippen LogP) is 1.03. The minimum absolute atomic E-state index is 0.0161. The van der Waals surface area contributed by atoms with E-state index in [1.807, 2.05) is 22.4 Å². The maximum atomic E-state index is 12.2. The Morgan fingerprint density at radius 2 is 2.44 bits per heavy atom. The smallest absolute Gasteiger partial charge is 0.227 e. The monoisotopic (exact) mass is 264 g/mol. The van der Waals surface area contributed by atoms with E-state index in [1.165, 1.54) is 0 Å². The lowest BCUT2D eigenvalue weighted by molar-refractivity contribution is -0.130. The van der Waals surface area contributed by atoms with Crippen LogP contribution in [0.3, 0.4) is 0 Å². The molecule has 0 aliphatic carbocycles. The van der Waals surface area contributed by atoms with Crippen molar-refractivity contribution in [2.45, 2.75) is 19.3 Å². The van der Waals surface area contributed by atoms with Gasteiger partial charge in [0.05, 0.1) is 6.42 Å². The van der Waals surface area contributed by atoms with Gasteiger partial charge in [-0.25, -0.2) is 0 Å². The topological polar surface area (TPSA) is 49.4 Å². The normalized spacial score (nSPS) is 26.9. The number of likely N-dealkylation sites (tertiary alicyclic amines) is 1. The molecule has 1 spiro atoms. The van der Waals surface area contributed by atoms with Crippen molar-refractivity contribution >= 4 is 23.2 Å². The van der Waals surface area contributed by atoms with Crippen LogP contribution in [0.15, 0.2) is 17.5 Å². The lowest BCUT2D eigenvalue weighted by Crippen LogP contribution is -2.34. The van der Waals surface area contributed by atoms with Crippen LogP contribution in [-0.4, -0.2) is 36.3 Å². The first kappa shape index (κ1) is 11.7. The number of thiophene rings is 1. The van der Waals surface area contributed by atoms with Crippen LogP contribution in [0, 0.1) is 5.41 Å². The fraction of sp³-hybridized carbons (Fsp3) is 0.538. The number of hydrogen-bond acceptors (Lipinski definition) is 3. The van der Waals surface area contributed by atoms with E-state index in [4.69, 9.17) is 0 Å². The van der Waals surface area contributed by atoms with Gasteiger partial charge in [-0.1, -0.05) is 6.07 Å². The Hall–Kier alpha value is -1.36. The lowest BCUT2D eigenvalue weighted by atomic mass is 9.86. The number of nitrogens with one attached hydrogen (secondary N) is 1. The molecule has 0 saturated carbocycles. The minimum Gasteiger partial charge on any atom is -0.355 e. The summed E-state index contributed by atoms with van der Waals surface area (Å²) in [4.78, 5) is 26.5. The van der Waals surface area contributed by atoms with Gasteiger partial charge in [0.25, 0.3) is 0 Å². The molecule has 5 heteroatoms. The molecular formula is C13H16N2O2S. The van der Waals surface area contributed by atoms with Crippen molar-refractivity contribution in [2.24, 2.45) is 5.41 Å². The van der Waals surface area contributed by atoms with E-state index in [0.29, 0.717) is 12.8 Å². The summed E-state index contributed by atoms with van der Waals surface area (Å²) < 4.78 is 0. The van der Waals surface area contributed by atoms with Gasteiger partial charge in [-0.2, -0.15) is 0 Å². The molecule has 1 aromatic rings. The van der Waals surface area contributed by atoms with Crippen LogP contribution >= 0.6 is 11.3 Å². The molecule has 4 nitrogen and oxygen atoms in total. The van der Waals surface area contributed by atoms with Crippen molar-refractivity contribution < 1.29 is 9.59 Å². The van der Waals surface area contributed by atoms with Crippen molar-refractivity contribution in [3.63, 3.8) is 0 Å². The van der Waals surface area contributed by atoms with Crippen molar-refractivity contribution in [1.29, 1.82) is 0 Å². The summed E-state index contributed by atoms with van der Waals surface area (Å²) in [5.74, 6) is 0.316. The minimum atomic E-state index is 0.0161. The highest BCUT2D eigenvalue weighted by Gasteiger charge is 2.44. The van der Waals surface area contributed by atoms with Gasteiger partial charge >= 0.3 is 0 Å².